The van der Waals surface area contributed by atoms with Crippen LogP contribution >= 0.6 is 0 Å². The van der Waals surface area contributed by atoms with Crippen LogP contribution in [-0.4, -0.2) is 50.4 Å². The molecule has 0 unspecified atom stereocenters. The van der Waals surface area contributed by atoms with Crippen LogP contribution in [0.2, 0.25) is 0 Å². The Labute approximate surface area is 343 Å². The summed E-state index contributed by atoms with van der Waals surface area (Å²) in [6.07, 6.45) is 11.8. The van der Waals surface area contributed by atoms with Crippen LogP contribution < -0.4 is 0 Å². The van der Waals surface area contributed by atoms with E-state index < -0.39 is 0 Å². The van der Waals surface area contributed by atoms with Crippen molar-refractivity contribution in [1.29, 1.82) is 0 Å². The first kappa shape index (κ1) is 38.1. The van der Waals surface area contributed by atoms with E-state index in [0.29, 0.717) is 44.3 Å². The van der Waals surface area contributed by atoms with Crippen LogP contribution in [0.15, 0.2) is 103 Å². The maximum Gasteiger partial charge on any atom is 0.261 e. The van der Waals surface area contributed by atoms with E-state index >= 15 is 0 Å². The fourth-order valence-electron chi connectivity index (χ4n) is 9.50. The molecule has 7 aromatic carbocycles. The molecule has 2 aliphatic rings. The second kappa shape index (κ2) is 15.7. The highest BCUT2D eigenvalue weighted by Gasteiger charge is 2.39. The molecule has 296 valence electrons. The molecule has 2 aliphatic heterocycles. The third-order valence-corrected chi connectivity index (χ3v) is 12.5. The van der Waals surface area contributed by atoms with Gasteiger partial charge in [0.05, 0.1) is 6.54 Å². The van der Waals surface area contributed by atoms with Gasteiger partial charge in [0.1, 0.15) is 0 Å². The number of para-hydroxylation sites is 1. The number of hydrogen-bond acceptors (Lipinski definition) is 5. The van der Waals surface area contributed by atoms with Gasteiger partial charge in [0.15, 0.2) is 6.21 Å². The molecule has 0 atom stereocenters. The molecule has 0 fully saturated rings. The highest BCUT2D eigenvalue weighted by Crippen LogP contribution is 2.46. The van der Waals surface area contributed by atoms with Gasteiger partial charge >= 0.3 is 0 Å². The predicted octanol–water partition coefficient (Wildman–Crippen LogP) is 11.7. The van der Waals surface area contributed by atoms with Crippen molar-refractivity contribution in [2.75, 3.05) is 0 Å². The fourth-order valence-corrected chi connectivity index (χ4v) is 9.50. The van der Waals surface area contributed by atoms with Gasteiger partial charge in [-0.1, -0.05) is 120 Å². The minimum atomic E-state index is -0.372. The Balaban J connectivity index is 1.06. The van der Waals surface area contributed by atoms with Crippen LogP contribution in [0.5, 0.6) is 0 Å². The largest absolute Gasteiger partial charge is 0.618 e. The van der Waals surface area contributed by atoms with Crippen molar-refractivity contribution in [2.24, 2.45) is 0 Å². The normalized spacial score (nSPS) is 14.4. The highest BCUT2D eigenvalue weighted by atomic mass is 16.5. The minimum absolute atomic E-state index is 0.0767. The number of imide groups is 2. The Morgan fingerprint density at radius 1 is 0.525 bits per heavy atom. The molecule has 0 aromatic heterocycles. The Bertz CT molecular complexity index is 2690. The summed E-state index contributed by atoms with van der Waals surface area (Å²) in [6, 6.07) is 31.2. The second-order valence-corrected chi connectivity index (χ2v) is 16.2. The second-order valence-electron chi connectivity index (χ2n) is 16.2. The van der Waals surface area contributed by atoms with E-state index in [0.717, 1.165) is 107 Å². The monoisotopic (exact) mass is 781 g/mol. The molecule has 8 heteroatoms. The van der Waals surface area contributed by atoms with Crippen LogP contribution in [0.3, 0.4) is 0 Å². The number of carbonyl (C=O) groups excluding carboxylic acids is 4. The van der Waals surface area contributed by atoms with Crippen molar-refractivity contribution in [1.82, 2.24) is 9.80 Å². The fraction of sp³-hybridized carbons (Fsp3) is 0.275. The molecular formula is C51H47N3O5. The first-order valence-corrected chi connectivity index (χ1v) is 21.2. The number of nitrogens with zero attached hydrogens (tertiary/aromatic N) is 3. The average Bonchev–Trinajstić information content (AvgIpc) is 3.26. The van der Waals surface area contributed by atoms with Crippen molar-refractivity contribution in [3.63, 3.8) is 0 Å². The lowest BCUT2D eigenvalue weighted by Crippen LogP contribution is -2.47. The zero-order valence-corrected chi connectivity index (χ0v) is 33.6. The lowest BCUT2D eigenvalue weighted by molar-refractivity contribution is -0.354. The zero-order chi connectivity index (χ0) is 40.8. The number of hydrogen-bond donors (Lipinski definition) is 0. The molecule has 7 aromatic rings. The van der Waals surface area contributed by atoms with Gasteiger partial charge in [-0.15, -0.1) is 0 Å². The average molecular weight is 782 g/mol. The molecule has 0 N–H and O–H groups in total. The Hall–Kier alpha value is -6.41. The standard InChI is InChI=1S/C51H47N3O5/c1-3-5-7-10-16-35(17-11-8-6-4-2)54-50(57)42-28-24-38-36-22-26-40-46-41(27-23-37(44(36)46)39-25-29-43(51(54)58)47(42)45(38)39)49(56)52(48(40)55)30-32-18-20-33(21-19-32)31-53(59)34-14-12-9-13-15-34/h9,12-15,18-29,31,35H,3-8,10-11,16-17,30H2,1-2H3/b53-31+. The molecule has 0 spiro atoms. The van der Waals surface area contributed by atoms with Crippen molar-refractivity contribution < 1.29 is 23.9 Å². The van der Waals surface area contributed by atoms with Gasteiger partial charge in [-0.2, -0.15) is 4.74 Å². The van der Waals surface area contributed by atoms with Gasteiger partial charge in [-0.05, 0) is 87.1 Å². The SMILES string of the molecule is CCCCCCC(CCCCCC)N1C(=O)c2ccc3c4ccc5c6c(ccc(c7ccc(c2c37)C1=O)c64)C(=O)N(Cc1ccc(/C=[N+](/[O-])c2ccccc2)cc1)C5=O. The summed E-state index contributed by atoms with van der Waals surface area (Å²) in [5.41, 5.74) is 3.98. The number of unbranched alkanes of at least 4 members (excludes halogenated alkanes) is 6. The van der Waals surface area contributed by atoms with Crippen molar-refractivity contribution in [3.05, 3.63) is 142 Å². The predicted molar refractivity (Wildman–Crippen MR) is 235 cm³/mol. The summed E-state index contributed by atoms with van der Waals surface area (Å²) >= 11 is 0. The van der Waals surface area contributed by atoms with Crippen LogP contribution in [0.25, 0.3) is 43.1 Å². The topological polar surface area (TPSA) is 101 Å². The Morgan fingerprint density at radius 3 is 1.44 bits per heavy atom. The van der Waals surface area contributed by atoms with Crippen LogP contribution in [0, 0.1) is 5.21 Å². The summed E-state index contributed by atoms with van der Waals surface area (Å²) in [5.74, 6) is -1.19. The molecule has 0 aliphatic carbocycles. The Kier molecular flexibility index (Phi) is 10.2. The number of fused-ring (bicyclic) bond motifs is 2. The van der Waals surface area contributed by atoms with Crippen LogP contribution in [0.1, 0.15) is 131 Å². The van der Waals surface area contributed by atoms with E-state index in [1.54, 1.807) is 53.4 Å². The first-order valence-electron chi connectivity index (χ1n) is 21.2. The van der Waals surface area contributed by atoms with Crippen molar-refractivity contribution in [2.45, 2.75) is 90.6 Å². The third kappa shape index (κ3) is 6.51. The maximum absolute atomic E-state index is 14.5. The third-order valence-electron chi connectivity index (χ3n) is 12.5. The molecule has 0 radical (unpaired) electrons. The van der Waals surface area contributed by atoms with E-state index in [1.165, 1.54) is 11.1 Å². The molecule has 0 saturated carbocycles. The number of benzene rings is 7. The number of carbonyl (C=O) groups is 4. The minimum Gasteiger partial charge on any atom is -0.618 e. The molecule has 2 heterocycles. The zero-order valence-electron chi connectivity index (χ0n) is 33.6. The molecule has 4 amide bonds. The number of amides is 4. The van der Waals surface area contributed by atoms with Gasteiger partial charge < -0.3 is 5.21 Å². The van der Waals surface area contributed by atoms with Gasteiger partial charge in [0.2, 0.25) is 5.69 Å². The van der Waals surface area contributed by atoms with Gasteiger partial charge in [0.25, 0.3) is 23.6 Å². The maximum atomic E-state index is 14.5. The smallest absolute Gasteiger partial charge is 0.261 e. The summed E-state index contributed by atoms with van der Waals surface area (Å²) < 4.78 is 0.808. The molecular weight excluding hydrogens is 735 g/mol. The first-order chi connectivity index (χ1) is 28.8. The van der Waals surface area contributed by atoms with Gasteiger partial charge in [-0.25, -0.2) is 0 Å². The lowest BCUT2D eigenvalue weighted by Gasteiger charge is -2.35. The molecule has 59 heavy (non-hydrogen) atoms. The summed E-state index contributed by atoms with van der Waals surface area (Å²) in [6.45, 7) is 4.45. The summed E-state index contributed by atoms with van der Waals surface area (Å²) in [5, 5.41) is 19.1. The van der Waals surface area contributed by atoms with Crippen molar-refractivity contribution in [3.8, 4) is 0 Å². The lowest BCUT2D eigenvalue weighted by atomic mass is 9.82. The molecule has 8 nitrogen and oxygen atoms in total. The quantitative estimate of drug-likeness (QED) is 0.0151. The molecule has 9 rings (SSSR count). The number of rotatable bonds is 15. The van der Waals surface area contributed by atoms with E-state index in [-0.39, 0.29) is 36.2 Å². The van der Waals surface area contributed by atoms with Crippen LogP contribution in [-0.2, 0) is 6.54 Å². The van der Waals surface area contributed by atoms with E-state index in [2.05, 4.69) is 13.8 Å². The van der Waals surface area contributed by atoms with E-state index in [1.807, 2.05) is 54.6 Å². The van der Waals surface area contributed by atoms with Gasteiger partial charge in [-0.3, -0.25) is 29.0 Å². The van der Waals surface area contributed by atoms with Gasteiger partial charge in [0, 0.05) is 56.8 Å². The summed E-state index contributed by atoms with van der Waals surface area (Å²) in [7, 11) is 0. The van der Waals surface area contributed by atoms with E-state index in [9.17, 15) is 24.4 Å². The van der Waals surface area contributed by atoms with Crippen LogP contribution in [0.4, 0.5) is 5.69 Å². The van der Waals surface area contributed by atoms with Crippen molar-refractivity contribution >= 4 is 78.6 Å². The van der Waals surface area contributed by atoms with E-state index in [4.69, 9.17) is 0 Å². The molecule has 0 saturated heterocycles. The summed E-state index contributed by atoms with van der Waals surface area (Å²) in [4.78, 5) is 60.3. The Morgan fingerprint density at radius 2 is 0.983 bits per heavy atom. The highest BCUT2D eigenvalue weighted by molar-refractivity contribution is 6.41. The molecule has 0 bridgehead atoms.